The van der Waals surface area contributed by atoms with Crippen LogP contribution in [0, 0.1) is 12.3 Å². The molecule has 0 unspecified atom stereocenters. The molecule has 1 aliphatic carbocycles. The second kappa shape index (κ2) is 10.6. The molecule has 0 bridgehead atoms. The second-order valence-electron chi connectivity index (χ2n) is 11.3. The number of anilines is 5. The first kappa shape index (κ1) is 26.4. The minimum atomic E-state index is -2.59. The van der Waals surface area contributed by atoms with Gasteiger partial charge in [0, 0.05) is 62.0 Å². The fourth-order valence-electron chi connectivity index (χ4n) is 5.84. The number of aliphatic hydroxyl groups is 1. The van der Waals surface area contributed by atoms with Crippen molar-refractivity contribution in [2.45, 2.75) is 51.4 Å². The molecule has 1 spiro atoms. The Morgan fingerprint density at radius 3 is 2.44 bits per heavy atom. The molecule has 3 N–H and O–H groups in total. The molecular formula is C29H36F2N6OS. The number of pyridine rings is 2. The molecule has 7 nitrogen and oxygen atoms in total. The summed E-state index contributed by atoms with van der Waals surface area (Å²) in [6.45, 7) is 4.74. The highest BCUT2D eigenvalue weighted by Crippen LogP contribution is 2.54. The maximum absolute atomic E-state index is 13.8. The predicted octanol–water partition coefficient (Wildman–Crippen LogP) is 6.35. The smallest absolute Gasteiger partial charge is 0.251 e. The van der Waals surface area contributed by atoms with Gasteiger partial charge in [-0.05, 0) is 79.3 Å². The molecule has 4 heterocycles. The first-order chi connectivity index (χ1) is 18.8. The number of hydrogen-bond acceptors (Lipinski definition) is 8. The van der Waals surface area contributed by atoms with Crippen molar-refractivity contribution in [3.63, 3.8) is 0 Å². The fourth-order valence-corrected chi connectivity index (χ4v) is 6.31. The summed E-state index contributed by atoms with van der Waals surface area (Å²) in [4.78, 5) is 14.0. The molecule has 1 saturated carbocycles. The minimum Gasteiger partial charge on any atom is -0.395 e. The van der Waals surface area contributed by atoms with E-state index in [4.69, 9.17) is 9.97 Å². The van der Waals surface area contributed by atoms with Gasteiger partial charge in [-0.3, -0.25) is 0 Å². The highest BCUT2D eigenvalue weighted by atomic mass is 32.2. The van der Waals surface area contributed by atoms with Crippen LogP contribution in [0.2, 0.25) is 0 Å². The SMILES string of the molecule is Cc1cc(Nc2nccc3cc(NSCCO)cc(N4CCC5(CC4)CC5)c23)nc(N2CCC(F)(F)CC2)c1. The second-order valence-corrected chi connectivity index (χ2v) is 12.2. The van der Waals surface area contributed by atoms with Gasteiger partial charge in [0.2, 0.25) is 0 Å². The Labute approximate surface area is 232 Å². The van der Waals surface area contributed by atoms with Gasteiger partial charge in [0.15, 0.2) is 0 Å². The number of nitrogens with zero attached hydrogens (tertiary/aromatic N) is 4. The van der Waals surface area contributed by atoms with Crippen LogP contribution < -0.4 is 19.8 Å². The number of aryl methyl sites for hydroxylation is 1. The molecule has 1 aromatic carbocycles. The number of hydrogen-bond donors (Lipinski definition) is 3. The van der Waals surface area contributed by atoms with Crippen molar-refractivity contribution in [1.82, 2.24) is 9.97 Å². The summed E-state index contributed by atoms with van der Waals surface area (Å²) in [6, 6.07) is 10.3. The molecule has 3 fully saturated rings. The number of benzene rings is 1. The number of fused-ring (bicyclic) bond motifs is 1. The zero-order valence-corrected chi connectivity index (χ0v) is 23.2. The summed E-state index contributed by atoms with van der Waals surface area (Å²) < 4.78 is 30.9. The Morgan fingerprint density at radius 1 is 0.974 bits per heavy atom. The van der Waals surface area contributed by atoms with Gasteiger partial charge in [-0.15, -0.1) is 0 Å². The van der Waals surface area contributed by atoms with Crippen molar-refractivity contribution < 1.29 is 13.9 Å². The number of alkyl halides is 2. The highest BCUT2D eigenvalue weighted by Gasteiger charge is 2.44. The number of halogens is 2. The van der Waals surface area contributed by atoms with Crippen LogP contribution in [0.1, 0.15) is 44.1 Å². The lowest BCUT2D eigenvalue weighted by Gasteiger charge is -2.35. The standard InChI is InChI=1S/C29H36F2N6OS/c1-20-16-24(33-25(17-20)37-12-7-29(30,31)8-13-37)34-27-26-21(2-9-32-27)18-22(35-39-15-14-38)19-23(26)36-10-5-28(3-4-28)6-11-36/h2,9,16-19,35,38H,3-8,10-15H2,1H3,(H,32,33,34). The molecule has 2 saturated heterocycles. The zero-order chi connectivity index (χ0) is 27.0. The van der Waals surface area contributed by atoms with Gasteiger partial charge in [0.05, 0.1) is 12.3 Å². The van der Waals surface area contributed by atoms with E-state index >= 15 is 0 Å². The lowest BCUT2D eigenvalue weighted by molar-refractivity contribution is -0.0221. The Balaban J connectivity index is 1.33. The fraction of sp³-hybridized carbons (Fsp3) is 0.517. The first-order valence-electron chi connectivity index (χ1n) is 13.9. The van der Waals surface area contributed by atoms with E-state index in [1.165, 1.54) is 37.6 Å². The molecule has 6 rings (SSSR count). The lowest BCUT2D eigenvalue weighted by Crippen LogP contribution is -2.39. The van der Waals surface area contributed by atoms with Crippen molar-refractivity contribution in [1.29, 1.82) is 0 Å². The van der Waals surface area contributed by atoms with Crippen molar-refractivity contribution in [2.75, 3.05) is 58.4 Å². The van der Waals surface area contributed by atoms with Crippen LogP contribution in [0.4, 0.5) is 37.6 Å². The van der Waals surface area contributed by atoms with E-state index in [-0.39, 0.29) is 19.4 Å². The van der Waals surface area contributed by atoms with Gasteiger partial charge >= 0.3 is 0 Å². The summed E-state index contributed by atoms with van der Waals surface area (Å²) in [5, 5.41) is 14.8. The van der Waals surface area contributed by atoms with Crippen LogP contribution in [0.3, 0.4) is 0 Å². The van der Waals surface area contributed by atoms with E-state index in [2.05, 4.69) is 27.1 Å². The largest absolute Gasteiger partial charge is 0.395 e. The molecular weight excluding hydrogens is 518 g/mol. The molecule has 208 valence electrons. The van der Waals surface area contributed by atoms with E-state index in [0.29, 0.717) is 35.9 Å². The average molecular weight is 555 g/mol. The Hall–Kier alpha value is -2.85. The number of aromatic nitrogens is 2. The quantitative estimate of drug-likeness (QED) is 0.220. The number of piperidine rings is 2. The monoisotopic (exact) mass is 554 g/mol. The van der Waals surface area contributed by atoms with Crippen molar-refractivity contribution in [2.24, 2.45) is 5.41 Å². The van der Waals surface area contributed by atoms with E-state index in [9.17, 15) is 13.9 Å². The Kier molecular flexibility index (Phi) is 7.18. The molecule has 0 amide bonds. The van der Waals surface area contributed by atoms with Gasteiger partial charge in [0.25, 0.3) is 5.92 Å². The molecule has 3 aromatic rings. The maximum Gasteiger partial charge on any atom is 0.251 e. The molecule has 10 heteroatoms. The normalized spacial score (nSPS) is 19.9. The molecule has 2 aliphatic heterocycles. The molecule has 0 radical (unpaired) electrons. The van der Waals surface area contributed by atoms with Crippen LogP contribution in [0.15, 0.2) is 36.5 Å². The van der Waals surface area contributed by atoms with Crippen LogP contribution in [0.5, 0.6) is 0 Å². The number of nitrogens with one attached hydrogen (secondary N) is 2. The third-order valence-corrected chi connectivity index (χ3v) is 9.14. The average Bonchev–Trinajstić information content (AvgIpc) is 3.67. The van der Waals surface area contributed by atoms with Crippen molar-refractivity contribution in [3.05, 3.63) is 42.1 Å². The topological polar surface area (TPSA) is 76.5 Å². The van der Waals surface area contributed by atoms with Gasteiger partial charge in [-0.25, -0.2) is 18.7 Å². The van der Waals surface area contributed by atoms with Gasteiger partial charge in [-0.2, -0.15) is 0 Å². The summed E-state index contributed by atoms with van der Waals surface area (Å²) >= 11 is 1.49. The van der Waals surface area contributed by atoms with Gasteiger partial charge < -0.3 is 24.9 Å². The van der Waals surface area contributed by atoms with Crippen molar-refractivity contribution >= 4 is 51.5 Å². The summed E-state index contributed by atoms with van der Waals surface area (Å²) in [5.74, 6) is 0.121. The molecule has 39 heavy (non-hydrogen) atoms. The summed E-state index contributed by atoms with van der Waals surface area (Å²) in [5.41, 5.74) is 3.71. The van der Waals surface area contributed by atoms with Gasteiger partial charge in [-0.1, -0.05) is 11.9 Å². The predicted molar refractivity (Wildman–Crippen MR) is 157 cm³/mol. The van der Waals surface area contributed by atoms with Gasteiger partial charge in [0.1, 0.15) is 17.5 Å². The number of aliphatic hydroxyl groups excluding tert-OH is 1. The van der Waals surface area contributed by atoms with Crippen LogP contribution >= 0.6 is 11.9 Å². The number of rotatable bonds is 8. The van der Waals surface area contributed by atoms with E-state index in [1.807, 2.05) is 30.0 Å². The zero-order valence-electron chi connectivity index (χ0n) is 22.3. The van der Waals surface area contributed by atoms with Crippen molar-refractivity contribution in [3.8, 4) is 0 Å². The Morgan fingerprint density at radius 2 is 1.72 bits per heavy atom. The van der Waals surface area contributed by atoms with E-state index < -0.39 is 5.92 Å². The molecule has 3 aliphatic rings. The molecule has 0 atom stereocenters. The summed E-state index contributed by atoms with van der Waals surface area (Å²) in [6.07, 6.45) is 6.64. The van der Waals surface area contributed by atoms with E-state index in [0.717, 1.165) is 46.6 Å². The minimum absolute atomic E-state index is 0.121. The maximum atomic E-state index is 13.8. The summed E-state index contributed by atoms with van der Waals surface area (Å²) in [7, 11) is 0. The Bertz CT molecular complexity index is 1330. The third-order valence-electron chi connectivity index (χ3n) is 8.37. The lowest BCUT2D eigenvalue weighted by atomic mass is 9.93. The van der Waals surface area contributed by atoms with E-state index in [1.54, 1.807) is 6.20 Å². The third kappa shape index (κ3) is 5.87. The first-order valence-corrected chi connectivity index (χ1v) is 14.9. The molecule has 2 aromatic heterocycles. The highest BCUT2D eigenvalue weighted by molar-refractivity contribution is 8.00. The van der Waals surface area contributed by atoms with Crippen LogP contribution in [0.25, 0.3) is 10.8 Å². The van der Waals surface area contributed by atoms with Crippen LogP contribution in [-0.2, 0) is 0 Å². The van der Waals surface area contributed by atoms with Crippen LogP contribution in [-0.4, -0.2) is 59.5 Å².